The van der Waals surface area contributed by atoms with Crippen LogP contribution in [0.1, 0.15) is 74.6 Å². The average Bonchev–Trinajstić information content (AvgIpc) is 2.55. The molecule has 1 rings (SSSR count). The Balaban J connectivity index is 2.84. The molecule has 0 aromatic heterocycles. The fourth-order valence-corrected chi connectivity index (χ4v) is 2.66. The highest BCUT2D eigenvalue weighted by molar-refractivity contribution is 6.03. The van der Waals surface area contributed by atoms with E-state index in [0.29, 0.717) is 6.61 Å². The number of rotatable bonds is 9. The highest BCUT2D eigenvalue weighted by atomic mass is 16.5. The molecule has 0 saturated heterocycles. The molecule has 0 fully saturated rings. The van der Waals surface area contributed by atoms with Crippen LogP contribution in [-0.4, -0.2) is 24.6 Å². The molecule has 0 heterocycles. The van der Waals surface area contributed by atoms with Gasteiger partial charge >= 0.3 is 11.9 Å². The van der Waals surface area contributed by atoms with Gasteiger partial charge in [0.25, 0.3) is 0 Å². The Morgan fingerprint density at radius 3 is 1.96 bits per heavy atom. The lowest BCUT2D eigenvalue weighted by atomic mass is 9.96. The maximum Gasteiger partial charge on any atom is 0.339 e. The van der Waals surface area contributed by atoms with E-state index in [4.69, 9.17) is 9.47 Å². The van der Waals surface area contributed by atoms with E-state index in [0.717, 1.165) is 19.3 Å². The van der Waals surface area contributed by atoms with Crippen molar-refractivity contribution in [3.63, 3.8) is 0 Å². The summed E-state index contributed by atoms with van der Waals surface area (Å²) >= 11 is 0. The average molecular weight is 334 g/mol. The minimum Gasteiger partial charge on any atom is -0.462 e. The van der Waals surface area contributed by atoms with Crippen molar-refractivity contribution in [1.29, 1.82) is 0 Å². The van der Waals surface area contributed by atoms with Crippen LogP contribution in [0.4, 0.5) is 0 Å². The molecule has 0 bridgehead atoms. The third-order valence-corrected chi connectivity index (χ3v) is 3.91. The minimum absolute atomic E-state index is 0.189. The molecule has 0 spiro atoms. The Morgan fingerprint density at radius 1 is 0.917 bits per heavy atom. The predicted octanol–water partition coefficient (Wildman–Crippen LogP) is 4.87. The van der Waals surface area contributed by atoms with Crippen molar-refractivity contribution in [2.24, 2.45) is 11.8 Å². The van der Waals surface area contributed by atoms with E-state index < -0.39 is 11.9 Å². The van der Waals surface area contributed by atoms with Crippen LogP contribution >= 0.6 is 0 Å². The quantitative estimate of drug-likeness (QED) is 0.477. The number of benzene rings is 1. The van der Waals surface area contributed by atoms with Crippen molar-refractivity contribution in [1.82, 2.24) is 0 Å². The summed E-state index contributed by atoms with van der Waals surface area (Å²) in [5.74, 6) is -0.517. The van der Waals surface area contributed by atoms with Gasteiger partial charge in [-0.2, -0.15) is 0 Å². The number of ether oxygens (including phenoxy) is 2. The Kier molecular flexibility index (Phi) is 8.51. The SMILES string of the molecule is CCCCCOC(=O)c1ccccc1C(=O)OC(C(C)C)C(C)C. The van der Waals surface area contributed by atoms with Crippen LogP contribution in [0.3, 0.4) is 0 Å². The van der Waals surface area contributed by atoms with Crippen LogP contribution in [0, 0.1) is 11.8 Å². The number of hydrogen-bond acceptors (Lipinski definition) is 4. The standard InChI is InChI=1S/C20H30O4/c1-6-7-10-13-23-19(21)16-11-8-9-12-17(16)20(22)24-18(14(2)3)15(4)5/h8-9,11-12,14-15,18H,6-7,10,13H2,1-5H3. The monoisotopic (exact) mass is 334 g/mol. The van der Waals surface area contributed by atoms with Gasteiger partial charge in [0.1, 0.15) is 6.10 Å². The lowest BCUT2D eigenvalue weighted by Crippen LogP contribution is -2.29. The van der Waals surface area contributed by atoms with E-state index in [9.17, 15) is 9.59 Å². The summed E-state index contributed by atoms with van der Waals surface area (Å²) in [6, 6.07) is 6.67. The number of hydrogen-bond donors (Lipinski definition) is 0. The Labute approximate surface area is 145 Å². The fourth-order valence-electron chi connectivity index (χ4n) is 2.66. The molecule has 0 amide bonds. The van der Waals surface area contributed by atoms with E-state index in [1.807, 2.05) is 27.7 Å². The van der Waals surface area contributed by atoms with Crippen LogP contribution < -0.4 is 0 Å². The van der Waals surface area contributed by atoms with Crippen molar-refractivity contribution in [2.75, 3.05) is 6.61 Å². The van der Waals surface area contributed by atoms with Gasteiger partial charge in [-0.3, -0.25) is 0 Å². The smallest absolute Gasteiger partial charge is 0.339 e. The Morgan fingerprint density at radius 2 is 1.46 bits per heavy atom. The lowest BCUT2D eigenvalue weighted by Gasteiger charge is -2.25. The topological polar surface area (TPSA) is 52.6 Å². The van der Waals surface area contributed by atoms with Gasteiger partial charge in [-0.15, -0.1) is 0 Å². The highest BCUT2D eigenvalue weighted by Gasteiger charge is 2.25. The maximum atomic E-state index is 12.5. The molecule has 0 saturated carbocycles. The summed E-state index contributed by atoms with van der Waals surface area (Å²) < 4.78 is 10.9. The van der Waals surface area contributed by atoms with Gasteiger partial charge in [0.15, 0.2) is 0 Å². The third-order valence-electron chi connectivity index (χ3n) is 3.91. The van der Waals surface area contributed by atoms with E-state index in [1.165, 1.54) is 0 Å². The second-order valence-electron chi connectivity index (χ2n) is 6.75. The zero-order valence-electron chi connectivity index (χ0n) is 15.5. The molecule has 1 aromatic rings. The molecule has 0 atom stereocenters. The van der Waals surface area contributed by atoms with Crippen LogP contribution in [0.25, 0.3) is 0 Å². The Bertz CT molecular complexity index is 526. The molecule has 1 aromatic carbocycles. The molecular formula is C20H30O4. The molecule has 4 heteroatoms. The van der Waals surface area contributed by atoms with Gasteiger partial charge in [-0.25, -0.2) is 9.59 Å². The van der Waals surface area contributed by atoms with Crippen LogP contribution in [0.2, 0.25) is 0 Å². The molecule has 0 unspecified atom stereocenters. The van der Waals surface area contributed by atoms with Crippen LogP contribution in [-0.2, 0) is 9.47 Å². The molecule has 0 N–H and O–H groups in total. The first-order chi connectivity index (χ1) is 11.4. The van der Waals surface area contributed by atoms with Gasteiger partial charge in [0, 0.05) is 0 Å². The molecule has 0 aliphatic rings. The van der Waals surface area contributed by atoms with Crippen molar-refractivity contribution in [3.8, 4) is 0 Å². The molecule has 24 heavy (non-hydrogen) atoms. The first kappa shape index (κ1) is 20.2. The van der Waals surface area contributed by atoms with E-state index >= 15 is 0 Å². The molecule has 0 radical (unpaired) electrons. The summed E-state index contributed by atoms with van der Waals surface area (Å²) in [5, 5.41) is 0. The van der Waals surface area contributed by atoms with Gasteiger partial charge in [0.05, 0.1) is 17.7 Å². The predicted molar refractivity (Wildman–Crippen MR) is 95.1 cm³/mol. The minimum atomic E-state index is -0.469. The van der Waals surface area contributed by atoms with Gasteiger partial charge < -0.3 is 9.47 Å². The second-order valence-corrected chi connectivity index (χ2v) is 6.75. The summed E-state index contributed by atoms with van der Waals surface area (Å²) in [4.78, 5) is 24.8. The normalized spacial score (nSPS) is 11.2. The van der Waals surface area contributed by atoms with Crippen molar-refractivity contribution in [3.05, 3.63) is 35.4 Å². The van der Waals surface area contributed by atoms with Crippen LogP contribution in [0.5, 0.6) is 0 Å². The molecular weight excluding hydrogens is 304 g/mol. The summed E-state index contributed by atoms with van der Waals surface area (Å²) in [6.45, 7) is 10.5. The largest absolute Gasteiger partial charge is 0.462 e. The van der Waals surface area contributed by atoms with Gasteiger partial charge in [0.2, 0.25) is 0 Å². The van der Waals surface area contributed by atoms with E-state index in [1.54, 1.807) is 24.3 Å². The van der Waals surface area contributed by atoms with E-state index in [2.05, 4.69) is 6.92 Å². The molecule has 0 aliphatic carbocycles. The summed E-state index contributed by atoms with van der Waals surface area (Å²) in [5.41, 5.74) is 0.537. The van der Waals surface area contributed by atoms with Gasteiger partial charge in [-0.1, -0.05) is 59.6 Å². The summed E-state index contributed by atoms with van der Waals surface area (Å²) in [7, 11) is 0. The van der Waals surface area contributed by atoms with Crippen molar-refractivity contribution in [2.45, 2.75) is 60.0 Å². The lowest BCUT2D eigenvalue weighted by molar-refractivity contribution is 0.00283. The van der Waals surface area contributed by atoms with E-state index in [-0.39, 0.29) is 29.1 Å². The van der Waals surface area contributed by atoms with Crippen molar-refractivity contribution < 1.29 is 19.1 Å². The molecule has 4 nitrogen and oxygen atoms in total. The first-order valence-electron chi connectivity index (χ1n) is 8.85. The Hall–Kier alpha value is -1.84. The third kappa shape index (κ3) is 5.99. The number of carbonyl (C=O) groups is 2. The second kappa shape index (κ2) is 10.1. The maximum absolute atomic E-state index is 12.5. The summed E-state index contributed by atoms with van der Waals surface area (Å²) in [6.07, 6.45) is 2.72. The molecule has 0 aliphatic heterocycles. The fraction of sp³-hybridized carbons (Fsp3) is 0.600. The number of esters is 2. The zero-order chi connectivity index (χ0) is 18.1. The van der Waals surface area contributed by atoms with Crippen LogP contribution in [0.15, 0.2) is 24.3 Å². The number of unbranched alkanes of at least 4 members (excludes halogenated alkanes) is 2. The molecule has 134 valence electrons. The van der Waals surface area contributed by atoms with Crippen molar-refractivity contribution >= 4 is 11.9 Å². The number of carbonyl (C=O) groups excluding carboxylic acids is 2. The zero-order valence-corrected chi connectivity index (χ0v) is 15.5. The first-order valence-corrected chi connectivity index (χ1v) is 8.85. The highest BCUT2D eigenvalue weighted by Crippen LogP contribution is 2.20. The van der Waals surface area contributed by atoms with Gasteiger partial charge in [-0.05, 0) is 30.4 Å².